The van der Waals surface area contributed by atoms with Gasteiger partial charge in [0.05, 0.1) is 16.6 Å². The van der Waals surface area contributed by atoms with Gasteiger partial charge in [-0.2, -0.15) is 0 Å². The normalized spacial score (nSPS) is 10.0. The van der Waals surface area contributed by atoms with Crippen LogP contribution in [0, 0.1) is 0 Å². The van der Waals surface area contributed by atoms with E-state index in [1.54, 1.807) is 18.2 Å². The zero-order valence-electron chi connectivity index (χ0n) is 8.00. The Kier molecular flexibility index (Phi) is 5.15. The molecule has 0 aliphatic carbocycles. The summed E-state index contributed by atoms with van der Waals surface area (Å²) in [6.07, 6.45) is 1.47. The average Bonchev–Trinajstić information content (AvgIpc) is 2.14. The molecule has 0 bridgehead atoms. The van der Waals surface area contributed by atoms with Crippen LogP contribution in [0.4, 0.5) is 0 Å². The molecule has 0 unspecified atom stereocenters. The highest BCUT2D eigenvalue weighted by Crippen LogP contribution is 2.27. The maximum absolute atomic E-state index is 5.91. The first-order valence-corrected chi connectivity index (χ1v) is 5.62. The summed E-state index contributed by atoms with van der Waals surface area (Å²) in [5.41, 5.74) is 5.35. The van der Waals surface area contributed by atoms with Crippen molar-refractivity contribution < 1.29 is 4.74 Å². The van der Waals surface area contributed by atoms with Gasteiger partial charge in [0.25, 0.3) is 0 Å². The predicted octanol–water partition coefficient (Wildman–Crippen LogP) is 3.44. The van der Waals surface area contributed by atoms with Crippen molar-refractivity contribution in [2.45, 2.75) is 12.8 Å². The third kappa shape index (κ3) is 4.69. The Hall–Kier alpha value is -0.510. The van der Waals surface area contributed by atoms with Gasteiger partial charge < -0.3 is 10.5 Å². The standard InChI is InChI=1S/C10H11Cl2NOS/c11-7-3-4-9(8(12)6-7)14-5-1-2-10(13)15/h3-4,6H,1-2,5H2,(H2,13,15). The smallest absolute Gasteiger partial charge is 0.137 e. The van der Waals surface area contributed by atoms with Crippen LogP contribution in [0.3, 0.4) is 0 Å². The van der Waals surface area contributed by atoms with E-state index in [0.717, 1.165) is 6.42 Å². The van der Waals surface area contributed by atoms with Crippen LogP contribution in [0.1, 0.15) is 12.8 Å². The van der Waals surface area contributed by atoms with E-state index in [-0.39, 0.29) is 0 Å². The molecule has 2 nitrogen and oxygen atoms in total. The minimum atomic E-state index is 0.501. The van der Waals surface area contributed by atoms with E-state index in [9.17, 15) is 0 Å². The summed E-state index contributed by atoms with van der Waals surface area (Å²) in [6.45, 7) is 0.540. The minimum Gasteiger partial charge on any atom is -0.492 e. The predicted molar refractivity (Wildman–Crippen MR) is 68.0 cm³/mol. The Labute approximate surface area is 104 Å². The minimum absolute atomic E-state index is 0.501. The van der Waals surface area contributed by atoms with Gasteiger partial charge in [-0.15, -0.1) is 0 Å². The van der Waals surface area contributed by atoms with Crippen LogP contribution >= 0.6 is 35.4 Å². The van der Waals surface area contributed by atoms with Gasteiger partial charge in [-0.3, -0.25) is 0 Å². The third-order valence-electron chi connectivity index (χ3n) is 1.72. The summed E-state index contributed by atoms with van der Waals surface area (Å²) in [4.78, 5) is 0.501. The molecule has 0 saturated heterocycles. The average molecular weight is 264 g/mol. The molecule has 1 aromatic rings. The molecule has 0 aliphatic rings. The van der Waals surface area contributed by atoms with Gasteiger partial charge in [0.15, 0.2) is 0 Å². The van der Waals surface area contributed by atoms with Crippen molar-refractivity contribution in [3.8, 4) is 5.75 Å². The van der Waals surface area contributed by atoms with E-state index < -0.39 is 0 Å². The van der Waals surface area contributed by atoms with Crippen molar-refractivity contribution >= 4 is 40.4 Å². The van der Waals surface area contributed by atoms with Crippen LogP contribution in [0.15, 0.2) is 18.2 Å². The van der Waals surface area contributed by atoms with E-state index in [4.69, 9.17) is 45.9 Å². The molecule has 0 fully saturated rings. The second kappa shape index (κ2) is 6.16. The molecule has 0 spiro atoms. The molecule has 2 N–H and O–H groups in total. The largest absolute Gasteiger partial charge is 0.492 e. The lowest BCUT2D eigenvalue weighted by Crippen LogP contribution is -2.09. The van der Waals surface area contributed by atoms with Crippen LogP contribution in [-0.2, 0) is 0 Å². The quantitative estimate of drug-likeness (QED) is 0.653. The Morgan fingerprint density at radius 2 is 2.13 bits per heavy atom. The Morgan fingerprint density at radius 3 is 2.73 bits per heavy atom. The van der Waals surface area contributed by atoms with Crippen molar-refractivity contribution in [3.63, 3.8) is 0 Å². The fourth-order valence-electron chi connectivity index (χ4n) is 1.02. The van der Waals surface area contributed by atoms with Gasteiger partial charge >= 0.3 is 0 Å². The number of nitrogens with two attached hydrogens (primary N) is 1. The lowest BCUT2D eigenvalue weighted by Gasteiger charge is -2.07. The molecule has 0 atom stereocenters. The van der Waals surface area contributed by atoms with Gasteiger partial charge in [-0.05, 0) is 24.6 Å². The molecular formula is C10H11Cl2NOS. The summed E-state index contributed by atoms with van der Waals surface area (Å²) in [5, 5.41) is 1.10. The fraction of sp³-hybridized carbons (Fsp3) is 0.300. The molecule has 0 aromatic heterocycles. The maximum atomic E-state index is 5.91. The molecule has 0 aliphatic heterocycles. The third-order valence-corrected chi connectivity index (χ3v) is 2.45. The lowest BCUT2D eigenvalue weighted by molar-refractivity contribution is 0.314. The van der Waals surface area contributed by atoms with Gasteiger partial charge in [0.1, 0.15) is 5.75 Å². The first kappa shape index (κ1) is 12.6. The van der Waals surface area contributed by atoms with Gasteiger partial charge in [-0.1, -0.05) is 35.4 Å². The number of hydrogen-bond acceptors (Lipinski definition) is 2. The van der Waals surface area contributed by atoms with Crippen molar-refractivity contribution in [3.05, 3.63) is 28.2 Å². The summed E-state index contributed by atoms with van der Waals surface area (Å²) >= 11 is 16.4. The molecular weight excluding hydrogens is 253 g/mol. The number of rotatable bonds is 5. The first-order chi connectivity index (χ1) is 7.09. The van der Waals surface area contributed by atoms with Crippen LogP contribution in [0.25, 0.3) is 0 Å². The van der Waals surface area contributed by atoms with Crippen LogP contribution in [0.2, 0.25) is 10.0 Å². The van der Waals surface area contributed by atoms with E-state index in [1.165, 1.54) is 0 Å². The van der Waals surface area contributed by atoms with E-state index >= 15 is 0 Å². The van der Waals surface area contributed by atoms with Crippen molar-refractivity contribution in [2.24, 2.45) is 5.73 Å². The maximum Gasteiger partial charge on any atom is 0.137 e. The van der Waals surface area contributed by atoms with Crippen molar-refractivity contribution in [1.29, 1.82) is 0 Å². The van der Waals surface area contributed by atoms with Crippen LogP contribution < -0.4 is 10.5 Å². The van der Waals surface area contributed by atoms with Crippen molar-refractivity contribution in [1.82, 2.24) is 0 Å². The summed E-state index contributed by atoms with van der Waals surface area (Å²) in [6, 6.07) is 5.12. The topological polar surface area (TPSA) is 35.2 Å². The van der Waals surface area contributed by atoms with Gasteiger partial charge in [0, 0.05) is 11.4 Å². The number of halogens is 2. The second-order valence-electron chi connectivity index (χ2n) is 2.99. The highest BCUT2D eigenvalue weighted by molar-refractivity contribution is 7.80. The Balaban J connectivity index is 2.40. The molecule has 0 amide bonds. The number of ether oxygens (including phenoxy) is 1. The van der Waals surface area contributed by atoms with Gasteiger partial charge in [-0.25, -0.2) is 0 Å². The highest BCUT2D eigenvalue weighted by atomic mass is 35.5. The zero-order valence-corrected chi connectivity index (χ0v) is 10.3. The number of benzene rings is 1. The highest BCUT2D eigenvalue weighted by Gasteiger charge is 2.01. The summed E-state index contributed by atoms with van der Waals surface area (Å²) < 4.78 is 5.44. The Bertz CT molecular complexity index is 357. The SMILES string of the molecule is NC(=S)CCCOc1ccc(Cl)cc1Cl. The van der Waals surface area contributed by atoms with E-state index in [1.807, 2.05) is 0 Å². The Morgan fingerprint density at radius 1 is 1.40 bits per heavy atom. The number of hydrogen-bond donors (Lipinski definition) is 1. The molecule has 1 aromatic carbocycles. The van der Waals surface area contributed by atoms with E-state index in [2.05, 4.69) is 0 Å². The summed E-state index contributed by atoms with van der Waals surface area (Å²) in [7, 11) is 0. The second-order valence-corrected chi connectivity index (χ2v) is 4.36. The fourth-order valence-corrected chi connectivity index (χ4v) is 1.63. The van der Waals surface area contributed by atoms with Crippen molar-refractivity contribution in [2.75, 3.05) is 6.61 Å². The van der Waals surface area contributed by atoms with Gasteiger partial charge in [0.2, 0.25) is 0 Å². The zero-order chi connectivity index (χ0) is 11.3. The molecule has 0 saturated carbocycles. The molecule has 82 valence electrons. The molecule has 0 heterocycles. The first-order valence-electron chi connectivity index (χ1n) is 4.46. The molecule has 15 heavy (non-hydrogen) atoms. The lowest BCUT2D eigenvalue weighted by atomic mass is 10.3. The molecule has 5 heteroatoms. The van der Waals surface area contributed by atoms with Crippen LogP contribution in [-0.4, -0.2) is 11.6 Å². The monoisotopic (exact) mass is 263 g/mol. The van der Waals surface area contributed by atoms with Crippen LogP contribution in [0.5, 0.6) is 5.75 Å². The number of thiocarbonyl (C=S) groups is 1. The molecule has 0 radical (unpaired) electrons. The van der Waals surface area contributed by atoms with E-state index in [0.29, 0.717) is 33.8 Å². The summed E-state index contributed by atoms with van der Waals surface area (Å²) in [5.74, 6) is 0.629. The molecule has 1 rings (SSSR count).